The summed E-state index contributed by atoms with van der Waals surface area (Å²) in [4.78, 5) is 22.7. The van der Waals surface area contributed by atoms with Crippen LogP contribution < -0.4 is 0 Å². The fraction of sp³-hybridized carbons (Fsp3) is 0.867. The molecule has 0 heterocycles. The highest BCUT2D eigenvalue weighted by Gasteiger charge is 2.38. The highest BCUT2D eigenvalue weighted by Crippen LogP contribution is 2.44. The third-order valence-corrected chi connectivity index (χ3v) is 3.61. The van der Waals surface area contributed by atoms with Gasteiger partial charge in [-0.25, -0.2) is 0 Å². The largest absolute Gasteiger partial charge is 0.481 e. The molecule has 3 atom stereocenters. The van der Waals surface area contributed by atoms with Gasteiger partial charge in [-0.05, 0) is 18.3 Å². The SMILES string of the molecule is CCC[C@H]1C[C@H]1CC(=O)O[C@H](CC(=O)O)C[N+](C)(C)C. The predicted octanol–water partition coefficient (Wildman–Crippen LogP) is 1.91. The molecular weight excluding hydrogens is 258 g/mol. The summed E-state index contributed by atoms with van der Waals surface area (Å²) in [5.74, 6) is -0.0410. The van der Waals surface area contributed by atoms with Crippen LogP contribution in [0.5, 0.6) is 0 Å². The summed E-state index contributed by atoms with van der Waals surface area (Å²) in [5, 5.41) is 8.90. The maximum Gasteiger partial charge on any atom is 0.307 e. The molecule has 1 aliphatic carbocycles. The number of carboxylic acids is 1. The van der Waals surface area contributed by atoms with Crippen LogP contribution in [0.2, 0.25) is 0 Å². The normalized spacial score (nSPS) is 23.2. The van der Waals surface area contributed by atoms with Gasteiger partial charge in [-0.1, -0.05) is 19.8 Å². The van der Waals surface area contributed by atoms with Gasteiger partial charge in [-0.15, -0.1) is 0 Å². The topological polar surface area (TPSA) is 63.6 Å². The van der Waals surface area contributed by atoms with E-state index in [1.807, 2.05) is 21.1 Å². The highest BCUT2D eigenvalue weighted by molar-refractivity contribution is 5.72. The number of carboxylic acid groups (broad SMARTS) is 1. The number of likely N-dealkylation sites (N-methyl/N-ethyl adjacent to an activating group) is 1. The summed E-state index contributed by atoms with van der Waals surface area (Å²) in [7, 11) is 5.88. The van der Waals surface area contributed by atoms with E-state index in [2.05, 4.69) is 6.92 Å². The van der Waals surface area contributed by atoms with E-state index in [0.29, 0.717) is 29.3 Å². The molecule has 0 radical (unpaired) electrons. The molecule has 5 nitrogen and oxygen atoms in total. The maximum absolute atomic E-state index is 11.9. The second-order valence-electron chi connectivity index (χ2n) is 6.93. The Kier molecular flexibility index (Phi) is 5.99. The Hall–Kier alpha value is -1.10. The molecule has 0 aromatic heterocycles. The van der Waals surface area contributed by atoms with Crippen molar-refractivity contribution in [1.29, 1.82) is 0 Å². The number of carbonyl (C=O) groups is 2. The second-order valence-corrected chi connectivity index (χ2v) is 6.93. The zero-order chi connectivity index (χ0) is 15.3. The van der Waals surface area contributed by atoms with Crippen molar-refractivity contribution in [2.24, 2.45) is 11.8 Å². The van der Waals surface area contributed by atoms with Crippen LogP contribution in [0, 0.1) is 11.8 Å². The van der Waals surface area contributed by atoms with Crippen LogP contribution in [-0.4, -0.2) is 55.3 Å². The lowest BCUT2D eigenvalue weighted by atomic mass is 10.1. The molecule has 0 unspecified atom stereocenters. The minimum atomic E-state index is -0.925. The summed E-state index contributed by atoms with van der Waals surface area (Å²) in [6.07, 6.45) is 3.22. The summed E-state index contributed by atoms with van der Waals surface area (Å²) >= 11 is 0. The first-order valence-corrected chi connectivity index (χ1v) is 7.43. The second kappa shape index (κ2) is 7.07. The number of esters is 1. The Morgan fingerprint density at radius 1 is 1.30 bits per heavy atom. The Labute approximate surface area is 121 Å². The molecule has 1 N–H and O–H groups in total. The standard InChI is InChI=1S/C15H27NO4/c1-5-6-11-7-12(11)8-15(19)20-13(9-14(17)18)10-16(2,3)4/h11-13H,5-10H2,1-4H3/p+1/t11-,12-,13+/m0/s1. The van der Waals surface area contributed by atoms with Gasteiger partial charge >= 0.3 is 11.9 Å². The van der Waals surface area contributed by atoms with Gasteiger partial charge in [0.25, 0.3) is 0 Å². The van der Waals surface area contributed by atoms with E-state index in [9.17, 15) is 9.59 Å². The fourth-order valence-electron chi connectivity index (χ4n) is 2.68. The molecule has 1 saturated carbocycles. The van der Waals surface area contributed by atoms with Crippen molar-refractivity contribution in [2.45, 2.75) is 45.1 Å². The molecule has 0 amide bonds. The van der Waals surface area contributed by atoms with E-state index in [1.54, 1.807) is 0 Å². The van der Waals surface area contributed by atoms with E-state index < -0.39 is 12.1 Å². The van der Waals surface area contributed by atoms with Crippen molar-refractivity contribution in [1.82, 2.24) is 0 Å². The van der Waals surface area contributed by atoms with E-state index in [1.165, 1.54) is 6.42 Å². The summed E-state index contributed by atoms with van der Waals surface area (Å²) in [6.45, 7) is 2.67. The van der Waals surface area contributed by atoms with Crippen molar-refractivity contribution in [3.05, 3.63) is 0 Å². The Morgan fingerprint density at radius 3 is 2.45 bits per heavy atom. The third kappa shape index (κ3) is 6.89. The van der Waals surface area contributed by atoms with Gasteiger partial charge < -0.3 is 14.3 Å². The van der Waals surface area contributed by atoms with Crippen molar-refractivity contribution < 1.29 is 23.9 Å². The number of hydrogen-bond donors (Lipinski definition) is 1. The summed E-state index contributed by atoms with van der Waals surface area (Å²) < 4.78 is 5.96. The van der Waals surface area contributed by atoms with Gasteiger partial charge in [0.1, 0.15) is 6.54 Å². The average Bonchev–Trinajstić information content (AvgIpc) is 2.92. The number of aliphatic carboxylic acids is 1. The summed E-state index contributed by atoms with van der Waals surface area (Å²) in [5.41, 5.74) is 0. The molecule has 0 saturated heterocycles. The smallest absolute Gasteiger partial charge is 0.307 e. The number of nitrogens with zero attached hydrogens (tertiary/aromatic N) is 1. The van der Waals surface area contributed by atoms with Gasteiger partial charge in [0, 0.05) is 6.42 Å². The van der Waals surface area contributed by atoms with E-state index in [0.717, 1.165) is 12.8 Å². The number of rotatable bonds is 9. The lowest BCUT2D eigenvalue weighted by molar-refractivity contribution is -0.873. The molecule has 1 fully saturated rings. The quantitative estimate of drug-likeness (QED) is 0.519. The van der Waals surface area contributed by atoms with Gasteiger partial charge in [0.15, 0.2) is 6.10 Å². The maximum atomic E-state index is 11.9. The zero-order valence-corrected chi connectivity index (χ0v) is 13.1. The number of ether oxygens (including phenoxy) is 1. The number of hydrogen-bond acceptors (Lipinski definition) is 3. The monoisotopic (exact) mass is 286 g/mol. The zero-order valence-electron chi connectivity index (χ0n) is 13.1. The van der Waals surface area contributed by atoms with E-state index in [4.69, 9.17) is 9.84 Å². The first kappa shape index (κ1) is 17.0. The molecule has 20 heavy (non-hydrogen) atoms. The molecular formula is C15H28NO4+. The van der Waals surface area contributed by atoms with Crippen LogP contribution in [-0.2, 0) is 14.3 Å². The minimum Gasteiger partial charge on any atom is -0.481 e. The molecule has 1 aliphatic rings. The molecule has 5 heteroatoms. The lowest BCUT2D eigenvalue weighted by Gasteiger charge is -2.28. The van der Waals surface area contributed by atoms with Crippen LogP contribution >= 0.6 is 0 Å². The van der Waals surface area contributed by atoms with Crippen LogP contribution in [0.1, 0.15) is 39.0 Å². The van der Waals surface area contributed by atoms with Crippen molar-refractivity contribution in [3.8, 4) is 0 Å². The van der Waals surface area contributed by atoms with Gasteiger partial charge in [-0.3, -0.25) is 9.59 Å². The molecule has 116 valence electrons. The average molecular weight is 286 g/mol. The van der Waals surface area contributed by atoms with Crippen LogP contribution in [0.4, 0.5) is 0 Å². The van der Waals surface area contributed by atoms with Crippen molar-refractivity contribution in [2.75, 3.05) is 27.7 Å². The molecule has 1 rings (SSSR count). The molecule has 0 aliphatic heterocycles. The van der Waals surface area contributed by atoms with Crippen LogP contribution in [0.25, 0.3) is 0 Å². The predicted molar refractivity (Wildman–Crippen MR) is 76.2 cm³/mol. The van der Waals surface area contributed by atoms with E-state index in [-0.39, 0.29) is 12.4 Å². The molecule has 0 aromatic rings. The molecule has 0 spiro atoms. The van der Waals surface area contributed by atoms with Gasteiger partial charge in [0.05, 0.1) is 27.6 Å². The first-order chi connectivity index (χ1) is 9.21. The number of quaternary nitrogens is 1. The van der Waals surface area contributed by atoms with E-state index >= 15 is 0 Å². The van der Waals surface area contributed by atoms with Gasteiger partial charge in [0.2, 0.25) is 0 Å². The molecule has 0 bridgehead atoms. The lowest BCUT2D eigenvalue weighted by Crippen LogP contribution is -2.43. The van der Waals surface area contributed by atoms with Crippen LogP contribution in [0.15, 0.2) is 0 Å². The Balaban J connectivity index is 2.40. The Bertz CT molecular complexity index is 348. The number of carbonyl (C=O) groups excluding carboxylic acids is 1. The third-order valence-electron chi connectivity index (χ3n) is 3.61. The van der Waals surface area contributed by atoms with Crippen molar-refractivity contribution in [3.63, 3.8) is 0 Å². The fourth-order valence-corrected chi connectivity index (χ4v) is 2.68. The van der Waals surface area contributed by atoms with Crippen molar-refractivity contribution >= 4 is 11.9 Å². The summed E-state index contributed by atoms with van der Waals surface area (Å²) in [6, 6.07) is 0. The van der Waals surface area contributed by atoms with Crippen LogP contribution in [0.3, 0.4) is 0 Å². The highest BCUT2D eigenvalue weighted by atomic mass is 16.5. The Morgan fingerprint density at radius 2 is 1.95 bits per heavy atom. The first-order valence-electron chi connectivity index (χ1n) is 7.43. The van der Waals surface area contributed by atoms with Gasteiger partial charge in [-0.2, -0.15) is 0 Å². The molecule has 0 aromatic carbocycles. The minimum absolute atomic E-state index is 0.121.